The zero-order valence-electron chi connectivity index (χ0n) is 27.6. The first-order valence-electron chi connectivity index (χ1n) is 13.3. The van der Waals surface area contributed by atoms with Gasteiger partial charge in [0.2, 0.25) is 0 Å². The second-order valence-corrected chi connectivity index (χ2v) is 14.9. The van der Waals surface area contributed by atoms with E-state index in [0.717, 1.165) is 19.3 Å². The molecule has 18 heteroatoms. The van der Waals surface area contributed by atoms with Gasteiger partial charge in [-0.3, -0.25) is 13.7 Å². The van der Waals surface area contributed by atoms with Crippen LogP contribution in [0.15, 0.2) is 0 Å². The van der Waals surface area contributed by atoms with Gasteiger partial charge in [-0.2, -0.15) is 0 Å². The van der Waals surface area contributed by atoms with Crippen molar-refractivity contribution in [3.63, 3.8) is 0 Å². The molecular weight excluding hydrogens is 621 g/mol. The topological polar surface area (TPSA) is 162 Å². The molecule has 0 radical (unpaired) electrons. The highest BCUT2D eigenvalue weighted by Gasteiger charge is 2.25. The molecule has 258 valence electrons. The maximum atomic E-state index is 11.6. The normalized spacial score (nSPS) is 14.3. The minimum absolute atomic E-state index is 0.0398. The summed E-state index contributed by atoms with van der Waals surface area (Å²) < 4.78 is 93.9. The fourth-order valence-electron chi connectivity index (χ4n) is 2.54. The average molecular weight is 679 g/mol. The fourth-order valence-corrected chi connectivity index (χ4v) is 4.80. The van der Waals surface area contributed by atoms with Gasteiger partial charge in [-0.1, -0.05) is 20.8 Å². The number of rotatable bonds is 24. The van der Waals surface area contributed by atoms with Gasteiger partial charge in [-0.05, 0) is 19.3 Å². The molecule has 0 aliphatic carbocycles. The fraction of sp³-hybridized carbons (Fsp3) is 1.00. The lowest BCUT2D eigenvalue weighted by Gasteiger charge is -2.18. The summed E-state index contributed by atoms with van der Waals surface area (Å²) in [6, 6.07) is 0. The summed E-state index contributed by atoms with van der Waals surface area (Å²) in [6.45, 7) is 7.33. The number of methoxy groups -OCH3 is 3. The van der Waals surface area contributed by atoms with E-state index in [1.807, 2.05) is 20.8 Å². The Morgan fingerprint density at radius 1 is 0.405 bits per heavy atom. The Hall–Kier alpha value is 0.210. The summed E-state index contributed by atoms with van der Waals surface area (Å²) in [4.78, 5) is 0. The Bertz CT molecular complexity index is 625. The van der Waals surface area contributed by atoms with E-state index in [4.69, 9.17) is 55.6 Å². The van der Waals surface area contributed by atoms with Crippen molar-refractivity contribution in [1.29, 1.82) is 0 Å². The highest BCUT2D eigenvalue weighted by atomic mass is 31.2. The molecular formula is C24H57O15P3. The van der Waals surface area contributed by atoms with E-state index in [0.29, 0.717) is 19.8 Å². The van der Waals surface area contributed by atoms with Crippen molar-refractivity contribution in [3.05, 3.63) is 0 Å². The third kappa shape index (κ3) is 23.6. The van der Waals surface area contributed by atoms with E-state index < -0.39 is 22.8 Å². The van der Waals surface area contributed by atoms with Crippen LogP contribution in [0.5, 0.6) is 0 Å². The molecule has 0 bridgehead atoms. The molecule has 0 aliphatic rings. The van der Waals surface area contributed by atoms with E-state index in [9.17, 15) is 13.7 Å². The van der Waals surface area contributed by atoms with E-state index in [-0.39, 0.29) is 37.4 Å². The summed E-state index contributed by atoms with van der Waals surface area (Å²) in [5.74, 6) is 0. The molecule has 0 spiro atoms. The Morgan fingerprint density at radius 2 is 0.595 bits per heavy atom. The molecule has 0 rings (SSSR count). The SMILES string of the molecule is CC[C@@H](COC)OCP(=O)(OC)OC.CC[C@@H](COC)OCP(=O)(OC)OC.CC[C@@H](COC)OCP(=O)(OC)OC. The lowest BCUT2D eigenvalue weighted by atomic mass is 10.3. The van der Waals surface area contributed by atoms with E-state index in [1.165, 1.54) is 42.7 Å². The Morgan fingerprint density at radius 3 is 0.714 bits per heavy atom. The van der Waals surface area contributed by atoms with Crippen molar-refractivity contribution in [3.8, 4) is 0 Å². The van der Waals surface area contributed by atoms with Crippen molar-refractivity contribution < 1.29 is 69.3 Å². The quantitative estimate of drug-likeness (QED) is 0.116. The molecule has 42 heavy (non-hydrogen) atoms. The van der Waals surface area contributed by atoms with Gasteiger partial charge < -0.3 is 55.6 Å². The van der Waals surface area contributed by atoms with Crippen LogP contribution in [0.1, 0.15) is 40.0 Å². The summed E-state index contributed by atoms with van der Waals surface area (Å²) in [6.07, 6.45) is 2.05. The first kappa shape index (κ1) is 46.6. The van der Waals surface area contributed by atoms with Gasteiger partial charge >= 0.3 is 22.8 Å². The van der Waals surface area contributed by atoms with Crippen LogP contribution in [0, 0.1) is 0 Å². The Labute approximate surface area is 253 Å². The van der Waals surface area contributed by atoms with E-state index in [1.54, 1.807) is 21.3 Å². The molecule has 0 fully saturated rings. The van der Waals surface area contributed by atoms with Crippen molar-refractivity contribution in [2.75, 3.05) is 103 Å². The van der Waals surface area contributed by atoms with Crippen molar-refractivity contribution in [1.82, 2.24) is 0 Å². The molecule has 0 amide bonds. The van der Waals surface area contributed by atoms with Crippen LogP contribution in [0.3, 0.4) is 0 Å². The van der Waals surface area contributed by atoms with Gasteiger partial charge in [-0.15, -0.1) is 0 Å². The predicted octanol–water partition coefficient (Wildman–Crippen LogP) is 5.61. The molecule has 0 unspecified atom stereocenters. The molecule has 0 saturated carbocycles. The third-order valence-electron chi connectivity index (χ3n) is 5.50. The van der Waals surface area contributed by atoms with Crippen LogP contribution in [0.25, 0.3) is 0 Å². The second-order valence-electron chi connectivity index (χ2n) is 8.27. The van der Waals surface area contributed by atoms with Gasteiger partial charge in [-0.25, -0.2) is 0 Å². The summed E-state index contributed by atoms with van der Waals surface area (Å²) >= 11 is 0. The largest absolute Gasteiger partial charge is 0.382 e. The van der Waals surface area contributed by atoms with Gasteiger partial charge in [0.1, 0.15) is 19.0 Å². The number of hydrogen-bond donors (Lipinski definition) is 0. The molecule has 3 atom stereocenters. The molecule has 0 N–H and O–H groups in total. The highest BCUT2D eigenvalue weighted by Crippen LogP contribution is 2.47. The Balaban J connectivity index is -0.000000543. The van der Waals surface area contributed by atoms with Gasteiger partial charge in [0, 0.05) is 64.0 Å². The molecule has 0 aromatic carbocycles. The maximum Gasteiger partial charge on any atom is 0.355 e. The lowest BCUT2D eigenvalue weighted by Crippen LogP contribution is -2.19. The highest BCUT2D eigenvalue weighted by molar-refractivity contribution is 7.54. The van der Waals surface area contributed by atoms with Crippen molar-refractivity contribution in [2.45, 2.75) is 58.3 Å². The molecule has 0 aliphatic heterocycles. The first-order valence-corrected chi connectivity index (χ1v) is 18.5. The van der Waals surface area contributed by atoms with Gasteiger partial charge in [0.05, 0.1) is 38.1 Å². The summed E-state index contributed by atoms with van der Waals surface area (Å²) in [5.41, 5.74) is 0. The maximum absolute atomic E-state index is 11.6. The molecule has 15 nitrogen and oxygen atoms in total. The average Bonchev–Trinajstić information content (AvgIpc) is 3.03. The standard InChI is InChI=1S/3C8H19O5P/c3*1-5-8(6-10-2)13-7-14(9,11-3)12-4/h3*8H,5-7H2,1-4H3/t3*8-/m000/s1. The van der Waals surface area contributed by atoms with E-state index in [2.05, 4.69) is 0 Å². The van der Waals surface area contributed by atoms with Crippen molar-refractivity contribution >= 4 is 22.8 Å². The van der Waals surface area contributed by atoms with Crippen LogP contribution in [0.4, 0.5) is 0 Å². The molecule has 0 aromatic heterocycles. The number of hydrogen-bond acceptors (Lipinski definition) is 15. The van der Waals surface area contributed by atoms with Crippen LogP contribution in [0.2, 0.25) is 0 Å². The smallest absolute Gasteiger partial charge is 0.355 e. The summed E-state index contributed by atoms with van der Waals surface area (Å²) in [7, 11) is 3.67. The van der Waals surface area contributed by atoms with Crippen LogP contribution in [-0.2, 0) is 69.3 Å². The van der Waals surface area contributed by atoms with Gasteiger partial charge in [0.15, 0.2) is 0 Å². The van der Waals surface area contributed by atoms with Crippen LogP contribution < -0.4 is 0 Å². The second kappa shape index (κ2) is 28.7. The number of ether oxygens (including phenoxy) is 6. The van der Waals surface area contributed by atoms with Crippen LogP contribution >= 0.6 is 22.8 Å². The minimum atomic E-state index is -3.05. The zero-order chi connectivity index (χ0) is 33.1. The Kier molecular flexibility index (Phi) is 31.8. The minimum Gasteiger partial charge on any atom is -0.382 e. The van der Waals surface area contributed by atoms with Gasteiger partial charge in [0.25, 0.3) is 0 Å². The lowest BCUT2D eigenvalue weighted by molar-refractivity contribution is 0.00952. The van der Waals surface area contributed by atoms with E-state index >= 15 is 0 Å². The first-order chi connectivity index (χ1) is 19.8. The zero-order valence-corrected chi connectivity index (χ0v) is 30.2. The monoisotopic (exact) mass is 678 g/mol. The molecule has 0 saturated heterocycles. The van der Waals surface area contributed by atoms with Crippen LogP contribution in [-0.4, -0.2) is 121 Å². The predicted molar refractivity (Wildman–Crippen MR) is 161 cm³/mol. The van der Waals surface area contributed by atoms with Crippen molar-refractivity contribution in [2.24, 2.45) is 0 Å². The summed E-state index contributed by atoms with van der Waals surface area (Å²) in [5, 5.41) is 0. The molecule has 0 aromatic rings. The molecule has 0 heterocycles. The third-order valence-corrected chi connectivity index (χ3v) is 10.2.